The topological polar surface area (TPSA) is 38.0 Å². The molecule has 0 aliphatic heterocycles. The Hall–Kier alpha value is -0.560. The lowest BCUT2D eigenvalue weighted by Crippen LogP contribution is -2.42. The van der Waals surface area contributed by atoms with E-state index in [-0.39, 0.29) is 19.3 Å². The molecule has 2 rings (SSSR count). The van der Waals surface area contributed by atoms with Crippen LogP contribution in [0.15, 0.2) is 4.47 Å². The van der Waals surface area contributed by atoms with Gasteiger partial charge in [0.25, 0.3) is 0 Å². The number of aromatic nitrogens is 2. The van der Waals surface area contributed by atoms with E-state index < -0.39 is 17.7 Å². The van der Waals surface area contributed by atoms with Crippen LogP contribution in [0.3, 0.4) is 0 Å². The summed E-state index contributed by atoms with van der Waals surface area (Å²) in [4.78, 5) is 0. The van der Waals surface area contributed by atoms with Gasteiger partial charge in [0.05, 0.1) is 27.4 Å². The Morgan fingerprint density at radius 1 is 1.48 bits per heavy atom. The summed E-state index contributed by atoms with van der Waals surface area (Å²) in [6, 6.07) is 0. The molecule has 0 spiro atoms. The van der Waals surface area contributed by atoms with E-state index in [9.17, 15) is 18.3 Å². The molecule has 1 aromatic heterocycles. The molecular weight excluding hydrogens is 349 g/mol. The predicted octanol–water partition coefficient (Wildman–Crippen LogP) is 3.77. The van der Waals surface area contributed by atoms with Crippen molar-refractivity contribution in [1.82, 2.24) is 9.78 Å². The monoisotopic (exact) mass is 368 g/mol. The van der Waals surface area contributed by atoms with Crippen LogP contribution in [0.2, 0.25) is 0 Å². The Kier molecular flexibility index (Phi) is 4.73. The summed E-state index contributed by atoms with van der Waals surface area (Å²) in [6.45, 7) is 1.96. The summed E-state index contributed by atoms with van der Waals surface area (Å²) >= 11 is 3.45. The van der Waals surface area contributed by atoms with Gasteiger partial charge in [-0.2, -0.15) is 18.3 Å². The average Bonchev–Trinajstić information content (AvgIpc) is 2.65. The van der Waals surface area contributed by atoms with Gasteiger partial charge in [0.2, 0.25) is 0 Å². The molecule has 7 heteroatoms. The minimum absolute atomic E-state index is 0.110. The van der Waals surface area contributed by atoms with Crippen molar-refractivity contribution < 1.29 is 18.3 Å². The van der Waals surface area contributed by atoms with Crippen LogP contribution in [0.25, 0.3) is 0 Å². The van der Waals surface area contributed by atoms with E-state index in [2.05, 4.69) is 21.0 Å². The minimum Gasteiger partial charge on any atom is -0.389 e. The smallest absolute Gasteiger partial charge is 0.389 e. The zero-order chi connectivity index (χ0) is 15.8. The van der Waals surface area contributed by atoms with E-state index in [0.29, 0.717) is 12.8 Å². The first-order valence-corrected chi connectivity index (χ1v) is 7.95. The van der Waals surface area contributed by atoms with E-state index in [0.717, 1.165) is 22.3 Å². The van der Waals surface area contributed by atoms with Crippen molar-refractivity contribution in [2.24, 2.45) is 13.0 Å². The molecule has 21 heavy (non-hydrogen) atoms. The number of aliphatic hydroxyl groups is 1. The predicted molar refractivity (Wildman–Crippen MR) is 77.0 cm³/mol. The maximum Gasteiger partial charge on any atom is 0.391 e. The molecule has 0 aromatic carbocycles. The van der Waals surface area contributed by atoms with Gasteiger partial charge in [-0.3, -0.25) is 4.68 Å². The number of nitrogens with zero attached hydrogens (tertiary/aromatic N) is 2. The number of hydrogen-bond acceptors (Lipinski definition) is 2. The standard InChI is InChI=1S/C14H20BrF3N2O/c1-3-10-12(15)11(20(2)19-10)8-13(21)6-4-5-9(7-13)14(16,17)18/h9,21H,3-8H2,1-2H3. The maximum atomic E-state index is 12.9. The highest BCUT2D eigenvalue weighted by Crippen LogP contribution is 2.43. The fraction of sp³-hybridized carbons (Fsp3) is 0.786. The van der Waals surface area contributed by atoms with Crippen LogP contribution in [0.5, 0.6) is 0 Å². The molecule has 1 aromatic rings. The summed E-state index contributed by atoms with van der Waals surface area (Å²) < 4.78 is 41.2. The summed E-state index contributed by atoms with van der Waals surface area (Å²) in [7, 11) is 1.76. The van der Waals surface area contributed by atoms with Crippen LogP contribution in [0, 0.1) is 5.92 Å². The van der Waals surface area contributed by atoms with Crippen molar-refractivity contribution in [2.45, 2.75) is 57.2 Å². The minimum atomic E-state index is -4.23. The van der Waals surface area contributed by atoms with Gasteiger partial charge in [0.1, 0.15) is 0 Å². The molecular formula is C14H20BrF3N2O. The molecule has 0 saturated heterocycles. The zero-order valence-corrected chi connectivity index (χ0v) is 13.8. The zero-order valence-electron chi connectivity index (χ0n) is 12.2. The Morgan fingerprint density at radius 3 is 2.67 bits per heavy atom. The number of rotatable bonds is 3. The molecule has 1 aliphatic rings. The summed E-state index contributed by atoms with van der Waals surface area (Å²) in [5.74, 6) is -1.41. The number of alkyl halides is 3. The highest BCUT2D eigenvalue weighted by atomic mass is 79.9. The van der Waals surface area contributed by atoms with Gasteiger partial charge in [-0.05, 0) is 48.0 Å². The van der Waals surface area contributed by atoms with Crippen molar-refractivity contribution in [2.75, 3.05) is 0 Å². The summed E-state index contributed by atoms with van der Waals surface area (Å²) in [5, 5.41) is 15.0. The molecule has 2 atom stereocenters. The molecule has 1 N–H and O–H groups in total. The number of hydrogen-bond donors (Lipinski definition) is 1. The fourth-order valence-electron chi connectivity index (χ4n) is 3.10. The Labute approximate surface area is 130 Å². The van der Waals surface area contributed by atoms with Crippen LogP contribution >= 0.6 is 15.9 Å². The third-order valence-electron chi connectivity index (χ3n) is 4.28. The molecule has 1 heterocycles. The molecule has 0 amide bonds. The first kappa shape index (κ1) is 16.8. The van der Waals surface area contributed by atoms with Crippen molar-refractivity contribution in [3.63, 3.8) is 0 Å². The molecule has 0 radical (unpaired) electrons. The van der Waals surface area contributed by atoms with Gasteiger partial charge in [0, 0.05) is 13.5 Å². The van der Waals surface area contributed by atoms with Gasteiger partial charge in [-0.25, -0.2) is 0 Å². The van der Waals surface area contributed by atoms with Gasteiger partial charge in [-0.1, -0.05) is 6.92 Å². The van der Waals surface area contributed by atoms with E-state index in [1.807, 2.05) is 6.92 Å². The largest absolute Gasteiger partial charge is 0.391 e. The van der Waals surface area contributed by atoms with Gasteiger partial charge in [0.15, 0.2) is 0 Å². The second-order valence-electron chi connectivity index (χ2n) is 5.92. The molecule has 1 aliphatic carbocycles. The third kappa shape index (κ3) is 3.62. The lowest BCUT2D eigenvalue weighted by Gasteiger charge is -2.37. The quantitative estimate of drug-likeness (QED) is 0.881. The normalized spacial score (nSPS) is 27.1. The van der Waals surface area contributed by atoms with Crippen molar-refractivity contribution in [1.29, 1.82) is 0 Å². The molecule has 2 unspecified atom stereocenters. The Bertz CT molecular complexity index is 515. The fourth-order valence-corrected chi connectivity index (χ4v) is 3.86. The first-order valence-electron chi connectivity index (χ1n) is 7.15. The molecule has 1 fully saturated rings. The van der Waals surface area contributed by atoms with Crippen LogP contribution in [-0.4, -0.2) is 26.7 Å². The lowest BCUT2D eigenvalue weighted by atomic mass is 9.75. The van der Waals surface area contributed by atoms with Crippen LogP contribution in [0.4, 0.5) is 13.2 Å². The number of halogens is 4. The molecule has 1 saturated carbocycles. The SMILES string of the molecule is CCc1nn(C)c(CC2(O)CCCC(C(F)(F)F)C2)c1Br. The van der Waals surface area contributed by atoms with Crippen molar-refractivity contribution in [3.8, 4) is 0 Å². The Morgan fingerprint density at radius 2 is 2.14 bits per heavy atom. The summed E-state index contributed by atoms with van der Waals surface area (Å²) in [6.07, 6.45) is -2.61. The highest BCUT2D eigenvalue weighted by molar-refractivity contribution is 9.10. The molecule has 0 bridgehead atoms. The van der Waals surface area contributed by atoms with Crippen LogP contribution in [-0.2, 0) is 19.9 Å². The molecule has 120 valence electrons. The second kappa shape index (κ2) is 5.91. The van der Waals surface area contributed by atoms with Crippen LogP contribution in [0.1, 0.15) is 44.0 Å². The number of aryl methyl sites for hydroxylation is 2. The lowest BCUT2D eigenvalue weighted by molar-refractivity contribution is -0.200. The van der Waals surface area contributed by atoms with Crippen molar-refractivity contribution >= 4 is 15.9 Å². The van der Waals surface area contributed by atoms with Gasteiger partial charge >= 0.3 is 6.18 Å². The van der Waals surface area contributed by atoms with Crippen molar-refractivity contribution in [3.05, 3.63) is 15.9 Å². The molecule has 3 nitrogen and oxygen atoms in total. The van der Waals surface area contributed by atoms with E-state index >= 15 is 0 Å². The average molecular weight is 369 g/mol. The maximum absolute atomic E-state index is 12.9. The third-order valence-corrected chi connectivity index (χ3v) is 5.20. The highest BCUT2D eigenvalue weighted by Gasteiger charge is 2.47. The van der Waals surface area contributed by atoms with E-state index in [1.165, 1.54) is 0 Å². The summed E-state index contributed by atoms with van der Waals surface area (Å²) in [5.41, 5.74) is 0.316. The van der Waals surface area contributed by atoms with Crippen LogP contribution < -0.4 is 0 Å². The van der Waals surface area contributed by atoms with Gasteiger partial charge < -0.3 is 5.11 Å². The second-order valence-corrected chi connectivity index (χ2v) is 6.71. The van der Waals surface area contributed by atoms with Gasteiger partial charge in [-0.15, -0.1) is 0 Å². The van der Waals surface area contributed by atoms with E-state index in [1.54, 1.807) is 11.7 Å². The first-order chi connectivity index (χ1) is 9.66. The Balaban J connectivity index is 2.20. The van der Waals surface area contributed by atoms with E-state index in [4.69, 9.17) is 0 Å².